The molecule has 2 aromatic heterocycles. The van der Waals surface area contributed by atoms with Crippen molar-refractivity contribution < 1.29 is 9.80 Å². The molecule has 3 heterocycles. The molecule has 0 saturated heterocycles. The van der Waals surface area contributed by atoms with Crippen LogP contribution in [0.4, 0.5) is 10.6 Å². The third kappa shape index (κ3) is 2.38. The predicted molar refractivity (Wildman–Crippen MR) is 77.2 cm³/mol. The van der Waals surface area contributed by atoms with Gasteiger partial charge >= 0.3 is 6.03 Å². The largest absolute Gasteiger partial charge is 0.428 e. The van der Waals surface area contributed by atoms with E-state index in [0.29, 0.717) is 29.6 Å². The number of amidine groups is 1. The van der Waals surface area contributed by atoms with Crippen LogP contribution in [0.2, 0.25) is 0 Å². The number of carbonyl (C=O) groups excluding carboxylic acids is 1. The van der Waals surface area contributed by atoms with Crippen LogP contribution in [0.5, 0.6) is 0 Å². The molecule has 2 aromatic rings. The summed E-state index contributed by atoms with van der Waals surface area (Å²) in [5, 5.41) is 4.41. The molecule has 7 heteroatoms. The van der Waals surface area contributed by atoms with Gasteiger partial charge in [-0.15, -0.1) is 7.05 Å². The molecule has 0 radical (unpaired) electrons. The van der Waals surface area contributed by atoms with E-state index in [0.717, 1.165) is 0 Å². The van der Waals surface area contributed by atoms with Crippen molar-refractivity contribution in [3.8, 4) is 11.5 Å². The van der Waals surface area contributed by atoms with Crippen LogP contribution in [0, 0.1) is 7.05 Å². The third-order valence-corrected chi connectivity index (χ3v) is 3.05. The van der Waals surface area contributed by atoms with E-state index in [4.69, 9.17) is 0 Å². The summed E-state index contributed by atoms with van der Waals surface area (Å²) in [5.41, 5.74) is 0.605. The number of anilines is 1. The molecule has 1 aliphatic rings. The van der Waals surface area contributed by atoms with Gasteiger partial charge < -0.3 is 0 Å². The van der Waals surface area contributed by atoms with Crippen LogP contribution in [0.1, 0.15) is 13.3 Å². The molecule has 21 heavy (non-hydrogen) atoms. The van der Waals surface area contributed by atoms with Crippen LogP contribution in [-0.2, 0) is 0 Å². The van der Waals surface area contributed by atoms with E-state index in [9.17, 15) is 4.79 Å². The number of nitrogens with one attached hydrogen (secondary N) is 1. The molecule has 1 atom stereocenters. The second-order valence-electron chi connectivity index (χ2n) is 4.42. The quantitative estimate of drug-likeness (QED) is 0.848. The average molecular weight is 282 g/mol. The van der Waals surface area contributed by atoms with E-state index >= 15 is 0 Å². The summed E-state index contributed by atoms with van der Waals surface area (Å²) in [7, 11) is 3.66. The van der Waals surface area contributed by atoms with Gasteiger partial charge in [0.15, 0.2) is 11.7 Å². The number of hydrogen-bond acceptors (Lipinski definition) is 5. The predicted octanol–water partition coefficient (Wildman–Crippen LogP) is 0.879. The summed E-state index contributed by atoms with van der Waals surface area (Å²) >= 11 is 0. The lowest BCUT2D eigenvalue weighted by molar-refractivity contribution is -0.766. The first kappa shape index (κ1) is 13.3. The molecule has 1 aliphatic heterocycles. The van der Waals surface area contributed by atoms with E-state index in [1.165, 1.54) is 4.90 Å². The highest BCUT2D eigenvalue weighted by Gasteiger charge is 2.34. The Hall–Kier alpha value is -2.67. The summed E-state index contributed by atoms with van der Waals surface area (Å²) in [4.78, 5) is 26.4. The molecule has 0 fully saturated rings. The molecule has 106 valence electrons. The maximum absolute atomic E-state index is 12.2. The Morgan fingerprint density at radius 3 is 2.71 bits per heavy atom. The fourth-order valence-electron chi connectivity index (χ4n) is 2.08. The fraction of sp³-hybridized carbons (Fsp3) is 0.143. The Morgan fingerprint density at radius 1 is 1.24 bits per heavy atom. The van der Waals surface area contributed by atoms with Gasteiger partial charge in [-0.25, -0.2) is 19.7 Å². The van der Waals surface area contributed by atoms with Gasteiger partial charge in [0.1, 0.15) is 11.5 Å². The van der Waals surface area contributed by atoms with Crippen LogP contribution in [0.15, 0.2) is 41.8 Å². The van der Waals surface area contributed by atoms with Gasteiger partial charge in [0.05, 0.1) is 0 Å². The van der Waals surface area contributed by atoms with Crippen molar-refractivity contribution >= 4 is 17.7 Å². The minimum absolute atomic E-state index is 0.231. The Labute approximate surface area is 122 Å². The number of carbonyl (C=O) groups is 1. The van der Waals surface area contributed by atoms with E-state index in [2.05, 4.69) is 27.1 Å². The van der Waals surface area contributed by atoms with Crippen molar-refractivity contribution in [2.24, 2.45) is 5.10 Å². The summed E-state index contributed by atoms with van der Waals surface area (Å²) in [6.07, 6.45) is 3.93. The van der Waals surface area contributed by atoms with Gasteiger partial charge in [-0.1, -0.05) is 18.1 Å². The molecular weight excluding hydrogens is 268 g/mol. The third-order valence-electron chi connectivity index (χ3n) is 3.05. The highest BCUT2D eigenvalue weighted by Crippen LogP contribution is 2.19. The van der Waals surface area contributed by atoms with E-state index in [1.807, 2.05) is 13.0 Å². The molecular formula is C14H14N6O. The Bertz CT molecular complexity index is 700. The minimum Gasteiger partial charge on any atom is -0.254 e. The smallest absolute Gasteiger partial charge is 0.254 e. The maximum Gasteiger partial charge on any atom is 0.428 e. The van der Waals surface area contributed by atoms with Gasteiger partial charge in [-0.3, -0.25) is 5.01 Å². The van der Waals surface area contributed by atoms with Crippen molar-refractivity contribution in [1.82, 2.24) is 15.0 Å². The van der Waals surface area contributed by atoms with Crippen molar-refractivity contribution in [3.63, 3.8) is 0 Å². The van der Waals surface area contributed by atoms with E-state index in [-0.39, 0.29) is 11.0 Å². The van der Waals surface area contributed by atoms with Crippen molar-refractivity contribution in [2.75, 3.05) is 4.90 Å². The number of nitrogens with zero attached hydrogens (tertiary/aromatic N) is 5. The monoisotopic (exact) mass is 282 g/mol. The SMILES string of the molecule is [CH2-][NH+]1N=C(CC)N(c2cccc(-c3ncccn3)n2)C1=O. The molecule has 0 spiro atoms. The molecule has 1 unspecified atom stereocenters. The standard InChI is InChI=1S/C14H14N6O/c1-3-11-18-19(2)14(21)20(11)12-7-4-6-10(17-12)13-15-8-5-9-16-13/h4-9,19H,2-3H2,1H3. The molecule has 1 N–H and O–H groups in total. The number of aromatic nitrogens is 3. The van der Waals surface area contributed by atoms with E-state index < -0.39 is 0 Å². The molecule has 0 bridgehead atoms. The maximum atomic E-state index is 12.2. The number of hydrogen-bond donors (Lipinski definition) is 1. The number of rotatable bonds is 3. The minimum atomic E-state index is -0.245. The fourth-order valence-corrected chi connectivity index (χ4v) is 2.08. The molecule has 2 amide bonds. The zero-order valence-corrected chi connectivity index (χ0v) is 11.5. The van der Waals surface area contributed by atoms with Crippen LogP contribution in [-0.4, -0.2) is 26.8 Å². The van der Waals surface area contributed by atoms with E-state index in [1.54, 1.807) is 30.6 Å². The van der Waals surface area contributed by atoms with Gasteiger partial charge in [0.25, 0.3) is 0 Å². The average Bonchev–Trinajstić information content (AvgIpc) is 2.83. The highest BCUT2D eigenvalue weighted by molar-refractivity contribution is 6.15. The van der Waals surface area contributed by atoms with Crippen molar-refractivity contribution in [1.29, 1.82) is 0 Å². The zero-order chi connectivity index (χ0) is 14.8. The topological polar surface area (TPSA) is 75.8 Å². The molecule has 3 rings (SSSR count). The second kappa shape index (κ2) is 5.37. The first-order valence-electron chi connectivity index (χ1n) is 6.56. The molecule has 0 aliphatic carbocycles. The Kier molecular flexibility index (Phi) is 3.41. The Balaban J connectivity index is 2.01. The lowest BCUT2D eigenvalue weighted by atomic mass is 10.3. The number of urea groups is 1. The number of pyridine rings is 1. The Morgan fingerprint density at radius 2 is 2.00 bits per heavy atom. The van der Waals surface area contributed by atoms with Crippen molar-refractivity contribution in [3.05, 3.63) is 43.7 Å². The van der Waals surface area contributed by atoms with Gasteiger partial charge in [-0.2, -0.15) is 4.90 Å². The van der Waals surface area contributed by atoms with Gasteiger partial charge in [-0.05, 0) is 18.2 Å². The number of quaternary nitrogens is 1. The summed E-state index contributed by atoms with van der Waals surface area (Å²) in [5.74, 6) is 1.66. The van der Waals surface area contributed by atoms with Crippen LogP contribution >= 0.6 is 0 Å². The zero-order valence-electron chi connectivity index (χ0n) is 11.5. The van der Waals surface area contributed by atoms with Crippen LogP contribution in [0.25, 0.3) is 11.5 Å². The molecule has 0 aromatic carbocycles. The summed E-state index contributed by atoms with van der Waals surface area (Å²) in [6.45, 7) is 1.93. The van der Waals surface area contributed by atoms with Crippen molar-refractivity contribution in [2.45, 2.75) is 13.3 Å². The molecule has 7 nitrogen and oxygen atoms in total. The summed E-state index contributed by atoms with van der Waals surface area (Å²) in [6, 6.07) is 6.87. The lowest BCUT2D eigenvalue weighted by Crippen LogP contribution is -3.04. The number of amides is 2. The molecule has 0 saturated carbocycles. The second-order valence-corrected chi connectivity index (χ2v) is 4.42. The normalized spacial score (nSPS) is 18.0. The first-order chi connectivity index (χ1) is 10.2. The summed E-state index contributed by atoms with van der Waals surface area (Å²) < 4.78 is 0. The van der Waals surface area contributed by atoms with Crippen LogP contribution < -0.4 is 9.91 Å². The lowest BCUT2D eigenvalue weighted by Gasteiger charge is -2.14. The van der Waals surface area contributed by atoms with Gasteiger partial charge in [0.2, 0.25) is 0 Å². The van der Waals surface area contributed by atoms with Gasteiger partial charge in [0, 0.05) is 18.8 Å². The first-order valence-corrected chi connectivity index (χ1v) is 6.56. The highest BCUT2D eigenvalue weighted by atomic mass is 16.2. The van der Waals surface area contributed by atoms with Crippen LogP contribution in [0.3, 0.4) is 0 Å².